The van der Waals surface area contributed by atoms with Crippen LogP contribution in [0.15, 0.2) is 18.2 Å². The number of ether oxygens (including phenoxy) is 1. The predicted molar refractivity (Wildman–Crippen MR) is 87.0 cm³/mol. The van der Waals surface area contributed by atoms with Crippen LogP contribution in [0.2, 0.25) is 0 Å². The first-order chi connectivity index (χ1) is 10.1. The SMILES string of the molecule is CCOc1ccc(NC(=O)C2(CC)CCCC2)cc1CCl. The van der Waals surface area contributed by atoms with Crippen molar-refractivity contribution in [3.05, 3.63) is 23.8 Å². The molecule has 0 aromatic heterocycles. The Labute approximate surface area is 132 Å². The van der Waals surface area contributed by atoms with Gasteiger partial charge in [-0.05, 0) is 44.4 Å². The number of nitrogens with one attached hydrogen (secondary N) is 1. The lowest BCUT2D eigenvalue weighted by Crippen LogP contribution is -2.33. The third-order valence-corrected chi connectivity index (χ3v) is 4.77. The first-order valence-corrected chi connectivity index (χ1v) is 8.32. The summed E-state index contributed by atoms with van der Waals surface area (Å²) in [7, 11) is 0. The first-order valence-electron chi connectivity index (χ1n) is 7.78. The largest absolute Gasteiger partial charge is 0.494 e. The van der Waals surface area contributed by atoms with Crippen molar-refractivity contribution in [2.45, 2.75) is 51.8 Å². The molecule has 0 bridgehead atoms. The molecular weight excluding hydrogens is 286 g/mol. The number of anilines is 1. The molecule has 0 saturated heterocycles. The second kappa shape index (κ2) is 7.17. The highest BCUT2D eigenvalue weighted by Gasteiger charge is 2.39. The summed E-state index contributed by atoms with van der Waals surface area (Å²) >= 11 is 5.97. The van der Waals surface area contributed by atoms with Crippen molar-refractivity contribution in [3.8, 4) is 5.75 Å². The average Bonchev–Trinajstić information content (AvgIpc) is 2.99. The molecule has 1 N–H and O–H groups in total. The lowest BCUT2D eigenvalue weighted by Gasteiger charge is -2.26. The minimum absolute atomic E-state index is 0.146. The highest BCUT2D eigenvalue weighted by molar-refractivity contribution is 6.17. The number of carbonyl (C=O) groups is 1. The minimum atomic E-state index is -0.181. The zero-order valence-electron chi connectivity index (χ0n) is 12.9. The number of halogens is 1. The van der Waals surface area contributed by atoms with Crippen LogP contribution in [0, 0.1) is 5.41 Å². The van der Waals surface area contributed by atoms with E-state index in [4.69, 9.17) is 16.3 Å². The number of alkyl halides is 1. The fraction of sp³-hybridized carbons (Fsp3) is 0.588. The van der Waals surface area contributed by atoms with Gasteiger partial charge in [0.1, 0.15) is 5.75 Å². The fourth-order valence-electron chi connectivity index (χ4n) is 3.11. The molecule has 0 atom stereocenters. The Morgan fingerprint density at radius 1 is 1.33 bits per heavy atom. The molecule has 3 nitrogen and oxygen atoms in total. The van der Waals surface area contributed by atoms with Crippen LogP contribution in [0.4, 0.5) is 5.69 Å². The summed E-state index contributed by atoms with van der Waals surface area (Å²) in [5.74, 6) is 1.31. The van der Waals surface area contributed by atoms with Crippen LogP contribution in [0.3, 0.4) is 0 Å². The molecule has 21 heavy (non-hydrogen) atoms. The normalized spacial score (nSPS) is 16.7. The van der Waals surface area contributed by atoms with Gasteiger partial charge in [-0.25, -0.2) is 0 Å². The molecule has 4 heteroatoms. The minimum Gasteiger partial charge on any atom is -0.494 e. The molecular formula is C17H24ClNO2. The monoisotopic (exact) mass is 309 g/mol. The van der Waals surface area contributed by atoms with E-state index in [1.165, 1.54) is 0 Å². The maximum atomic E-state index is 12.6. The van der Waals surface area contributed by atoms with E-state index in [1.54, 1.807) is 0 Å². The van der Waals surface area contributed by atoms with Gasteiger partial charge >= 0.3 is 0 Å². The van der Waals surface area contributed by atoms with Crippen molar-refractivity contribution in [1.82, 2.24) is 0 Å². The van der Waals surface area contributed by atoms with Crippen LogP contribution in [-0.2, 0) is 10.7 Å². The van der Waals surface area contributed by atoms with Gasteiger partial charge in [0.25, 0.3) is 0 Å². The van der Waals surface area contributed by atoms with Crippen LogP contribution >= 0.6 is 11.6 Å². The molecule has 1 fully saturated rings. The molecule has 1 aromatic rings. The molecule has 1 aliphatic rings. The molecule has 0 radical (unpaired) electrons. The van der Waals surface area contributed by atoms with Crippen molar-refractivity contribution in [2.75, 3.05) is 11.9 Å². The first kappa shape index (κ1) is 16.2. The average molecular weight is 310 g/mol. The molecule has 2 rings (SSSR count). The summed E-state index contributed by atoms with van der Waals surface area (Å²) in [6, 6.07) is 5.68. The Balaban J connectivity index is 2.14. The number of rotatable bonds is 6. The molecule has 1 aromatic carbocycles. The zero-order chi connectivity index (χ0) is 15.3. The molecule has 0 aliphatic heterocycles. The summed E-state index contributed by atoms with van der Waals surface area (Å²) in [4.78, 5) is 12.6. The van der Waals surface area contributed by atoms with Gasteiger partial charge in [0.2, 0.25) is 5.91 Å². The van der Waals surface area contributed by atoms with Gasteiger partial charge in [0.05, 0.1) is 12.5 Å². The lowest BCUT2D eigenvalue weighted by molar-refractivity contribution is -0.125. The van der Waals surface area contributed by atoms with E-state index in [2.05, 4.69) is 12.2 Å². The van der Waals surface area contributed by atoms with Crippen LogP contribution in [0.5, 0.6) is 5.75 Å². The fourth-order valence-corrected chi connectivity index (χ4v) is 3.32. The number of benzene rings is 1. The van der Waals surface area contributed by atoms with Crippen molar-refractivity contribution < 1.29 is 9.53 Å². The molecule has 116 valence electrons. The third kappa shape index (κ3) is 3.52. The lowest BCUT2D eigenvalue weighted by atomic mass is 9.82. The molecule has 0 heterocycles. The van der Waals surface area contributed by atoms with E-state index >= 15 is 0 Å². The maximum Gasteiger partial charge on any atom is 0.230 e. The van der Waals surface area contributed by atoms with E-state index in [1.807, 2.05) is 25.1 Å². The van der Waals surface area contributed by atoms with Gasteiger partial charge in [-0.2, -0.15) is 0 Å². The molecule has 1 saturated carbocycles. The zero-order valence-corrected chi connectivity index (χ0v) is 13.6. The Morgan fingerprint density at radius 3 is 2.62 bits per heavy atom. The van der Waals surface area contributed by atoms with Crippen molar-refractivity contribution in [3.63, 3.8) is 0 Å². The highest BCUT2D eigenvalue weighted by Crippen LogP contribution is 2.42. The van der Waals surface area contributed by atoms with Crippen molar-refractivity contribution in [1.29, 1.82) is 0 Å². The molecule has 1 aliphatic carbocycles. The standard InChI is InChI=1S/C17H24ClNO2/c1-3-17(9-5-6-10-17)16(20)19-14-7-8-15(21-4-2)13(11-14)12-18/h7-8,11H,3-6,9-10,12H2,1-2H3,(H,19,20). The summed E-state index contributed by atoms with van der Waals surface area (Å²) in [5, 5.41) is 3.07. The van der Waals surface area contributed by atoms with Crippen molar-refractivity contribution in [2.24, 2.45) is 5.41 Å². The van der Waals surface area contributed by atoms with Gasteiger partial charge in [-0.3, -0.25) is 4.79 Å². The van der Waals surface area contributed by atoms with Crippen LogP contribution < -0.4 is 10.1 Å². The van der Waals surface area contributed by atoms with E-state index in [0.29, 0.717) is 12.5 Å². The quantitative estimate of drug-likeness (QED) is 0.771. The molecule has 1 amide bonds. The summed E-state index contributed by atoms with van der Waals surface area (Å²) < 4.78 is 5.53. The molecule has 0 unspecified atom stereocenters. The number of hydrogen-bond donors (Lipinski definition) is 1. The van der Waals surface area contributed by atoms with Gasteiger partial charge in [-0.1, -0.05) is 19.8 Å². The van der Waals surface area contributed by atoms with Gasteiger partial charge < -0.3 is 10.1 Å². The van der Waals surface area contributed by atoms with Crippen LogP contribution in [-0.4, -0.2) is 12.5 Å². The Bertz CT molecular complexity index is 496. The van der Waals surface area contributed by atoms with E-state index < -0.39 is 0 Å². The Kier molecular flexibility index (Phi) is 5.51. The maximum absolute atomic E-state index is 12.6. The topological polar surface area (TPSA) is 38.3 Å². The number of carbonyl (C=O) groups excluding carboxylic acids is 1. The summed E-state index contributed by atoms with van der Waals surface area (Å²) in [5.41, 5.74) is 1.53. The smallest absolute Gasteiger partial charge is 0.230 e. The van der Waals surface area contributed by atoms with E-state index in [-0.39, 0.29) is 11.3 Å². The van der Waals surface area contributed by atoms with Gasteiger partial charge in [-0.15, -0.1) is 11.6 Å². The van der Waals surface area contributed by atoms with Gasteiger partial charge in [0.15, 0.2) is 0 Å². The number of amides is 1. The Morgan fingerprint density at radius 2 is 2.05 bits per heavy atom. The Hall–Kier alpha value is -1.22. The van der Waals surface area contributed by atoms with E-state index in [9.17, 15) is 4.79 Å². The van der Waals surface area contributed by atoms with Crippen LogP contribution in [0.25, 0.3) is 0 Å². The third-order valence-electron chi connectivity index (χ3n) is 4.48. The van der Waals surface area contributed by atoms with Crippen molar-refractivity contribution >= 4 is 23.2 Å². The summed E-state index contributed by atoms with van der Waals surface area (Å²) in [6.07, 6.45) is 5.19. The second-order valence-electron chi connectivity index (χ2n) is 5.68. The van der Waals surface area contributed by atoms with E-state index in [0.717, 1.165) is 49.1 Å². The second-order valence-corrected chi connectivity index (χ2v) is 5.95. The molecule has 0 spiro atoms. The highest BCUT2D eigenvalue weighted by atomic mass is 35.5. The van der Waals surface area contributed by atoms with Gasteiger partial charge in [0, 0.05) is 16.7 Å². The summed E-state index contributed by atoms with van der Waals surface area (Å²) in [6.45, 7) is 4.65. The number of hydrogen-bond acceptors (Lipinski definition) is 2. The predicted octanol–water partition coefficient (Wildman–Crippen LogP) is 4.73. The van der Waals surface area contributed by atoms with Crippen LogP contribution in [0.1, 0.15) is 51.5 Å².